The van der Waals surface area contributed by atoms with Crippen molar-refractivity contribution in [3.8, 4) is 0 Å². The molecule has 0 amide bonds. The Morgan fingerprint density at radius 3 is 2.24 bits per heavy atom. The first-order chi connectivity index (χ1) is 11.3. The first-order valence-corrected chi connectivity index (χ1v) is 13.1. The molecule has 0 saturated carbocycles. The highest BCUT2D eigenvalue weighted by Crippen LogP contribution is 2.38. The summed E-state index contributed by atoms with van der Waals surface area (Å²) in [5.74, 6) is 0. The van der Waals surface area contributed by atoms with E-state index in [9.17, 15) is 8.42 Å². The minimum Gasteiger partial charge on any atom is -0.411 e. The van der Waals surface area contributed by atoms with Crippen LogP contribution in [0.4, 0.5) is 0 Å². The van der Waals surface area contributed by atoms with E-state index in [0.29, 0.717) is 0 Å². The van der Waals surface area contributed by atoms with Crippen LogP contribution >= 0.6 is 11.6 Å². The molecule has 0 aliphatic carbocycles. The Morgan fingerprint density at radius 2 is 1.80 bits per heavy atom. The number of aryl methyl sites for hydroxylation is 1. The lowest BCUT2D eigenvalue weighted by atomic mass is 10.2. The summed E-state index contributed by atoms with van der Waals surface area (Å²) in [5, 5.41) is -0.478. The molecule has 0 bridgehead atoms. The summed E-state index contributed by atoms with van der Waals surface area (Å²) in [7, 11) is -5.71. The van der Waals surface area contributed by atoms with E-state index in [0.717, 1.165) is 5.56 Å². The average molecular weight is 404 g/mol. The van der Waals surface area contributed by atoms with Crippen molar-refractivity contribution in [3.05, 3.63) is 42.5 Å². The minimum atomic E-state index is -3.61. The number of hydrogen-bond donors (Lipinski definition) is 1. The highest BCUT2D eigenvalue weighted by molar-refractivity contribution is 7.89. The molecule has 1 aromatic carbocycles. The van der Waals surface area contributed by atoms with Crippen LogP contribution in [0, 0.1) is 6.92 Å². The van der Waals surface area contributed by atoms with Crippen LogP contribution < -0.4 is 4.72 Å². The van der Waals surface area contributed by atoms with Gasteiger partial charge in [0.15, 0.2) is 8.32 Å². The molecule has 0 saturated heterocycles. The van der Waals surface area contributed by atoms with Crippen LogP contribution in [0.3, 0.4) is 0 Å². The van der Waals surface area contributed by atoms with Crippen LogP contribution in [0.1, 0.15) is 26.3 Å². The number of hydrogen-bond acceptors (Lipinski definition) is 3. The lowest BCUT2D eigenvalue weighted by molar-refractivity contribution is 0.189. The number of nitrogens with one attached hydrogen (secondary N) is 1. The summed E-state index contributed by atoms with van der Waals surface area (Å²) in [6.07, 6.45) is 1.11. The molecule has 25 heavy (non-hydrogen) atoms. The Kier molecular flexibility index (Phi) is 7.48. The van der Waals surface area contributed by atoms with Crippen molar-refractivity contribution in [2.45, 2.75) is 62.2 Å². The zero-order valence-electron chi connectivity index (χ0n) is 16.0. The van der Waals surface area contributed by atoms with Crippen LogP contribution in [0.2, 0.25) is 18.1 Å². The second-order valence-corrected chi connectivity index (χ2v) is 14.8. The first-order valence-electron chi connectivity index (χ1n) is 8.31. The highest BCUT2D eigenvalue weighted by Gasteiger charge is 2.40. The van der Waals surface area contributed by atoms with Gasteiger partial charge >= 0.3 is 0 Å². The third-order valence-electron chi connectivity index (χ3n) is 4.64. The zero-order chi connectivity index (χ0) is 19.5. The predicted octanol–water partition coefficient (Wildman–Crippen LogP) is 4.46. The maximum atomic E-state index is 12.5. The normalized spacial score (nSPS) is 15.6. The number of rotatable bonds is 8. The van der Waals surface area contributed by atoms with E-state index in [4.69, 9.17) is 16.0 Å². The molecule has 0 aliphatic rings. The number of sulfonamides is 1. The fourth-order valence-electron chi connectivity index (χ4n) is 1.92. The third kappa shape index (κ3) is 6.22. The Hall–Kier alpha value is -0.663. The van der Waals surface area contributed by atoms with Gasteiger partial charge in [0.2, 0.25) is 10.0 Å². The van der Waals surface area contributed by atoms with Gasteiger partial charge in [0.1, 0.15) is 0 Å². The predicted molar refractivity (Wildman–Crippen MR) is 108 cm³/mol. The van der Waals surface area contributed by atoms with Crippen molar-refractivity contribution >= 4 is 29.9 Å². The maximum Gasteiger partial charge on any atom is 0.240 e. The molecule has 0 fully saturated rings. The quantitative estimate of drug-likeness (QED) is 0.396. The van der Waals surface area contributed by atoms with Gasteiger partial charge in [-0.2, -0.15) is 0 Å². The van der Waals surface area contributed by atoms with Gasteiger partial charge < -0.3 is 4.43 Å². The molecule has 0 unspecified atom stereocenters. The van der Waals surface area contributed by atoms with Gasteiger partial charge in [0.05, 0.1) is 16.4 Å². The minimum absolute atomic E-state index is 0.00113. The Morgan fingerprint density at radius 1 is 1.28 bits per heavy atom. The average Bonchev–Trinajstić information content (AvgIpc) is 2.50. The van der Waals surface area contributed by atoms with E-state index in [1.807, 2.05) is 6.92 Å². The molecule has 0 aromatic heterocycles. The van der Waals surface area contributed by atoms with Crippen LogP contribution in [-0.4, -0.2) is 34.8 Å². The third-order valence-corrected chi connectivity index (χ3v) is 11.0. The fraction of sp³-hybridized carbons (Fsp3) is 0.556. The van der Waals surface area contributed by atoms with Crippen molar-refractivity contribution in [3.63, 3.8) is 0 Å². The van der Waals surface area contributed by atoms with Crippen LogP contribution in [-0.2, 0) is 14.4 Å². The maximum absolute atomic E-state index is 12.5. The van der Waals surface area contributed by atoms with Gasteiger partial charge in [-0.3, -0.25) is 0 Å². The van der Waals surface area contributed by atoms with E-state index in [2.05, 4.69) is 45.2 Å². The zero-order valence-corrected chi connectivity index (χ0v) is 18.5. The molecule has 4 nitrogen and oxygen atoms in total. The van der Waals surface area contributed by atoms with E-state index in [-0.39, 0.29) is 16.5 Å². The molecule has 1 rings (SSSR count). The SMILES string of the molecule is C=C[C@H](Cl)[C@@H](CNS(=O)(=O)c1ccc(C)cc1)O[Si](C)(C)C(C)(C)C. The summed E-state index contributed by atoms with van der Waals surface area (Å²) in [4.78, 5) is 0.230. The molecular weight excluding hydrogens is 374 g/mol. The monoisotopic (exact) mass is 403 g/mol. The smallest absolute Gasteiger partial charge is 0.240 e. The van der Waals surface area contributed by atoms with Gasteiger partial charge in [-0.25, -0.2) is 13.1 Å². The van der Waals surface area contributed by atoms with Gasteiger partial charge in [0, 0.05) is 6.54 Å². The summed E-state index contributed by atoms with van der Waals surface area (Å²) >= 11 is 6.33. The second kappa shape index (κ2) is 8.35. The number of alkyl halides is 1. The van der Waals surface area contributed by atoms with Gasteiger partial charge in [-0.15, -0.1) is 18.2 Å². The molecule has 0 aliphatic heterocycles. The molecule has 2 atom stereocenters. The van der Waals surface area contributed by atoms with Crippen molar-refractivity contribution in [1.29, 1.82) is 0 Å². The summed E-state index contributed by atoms with van der Waals surface area (Å²) < 4.78 is 33.9. The molecule has 1 aromatic rings. The standard InChI is InChI=1S/C18H30ClNO3SSi/c1-8-16(19)17(23-25(6,7)18(3,4)5)13-20-24(21,22)15-11-9-14(2)10-12-15/h8-12,16-17,20H,1,13H2,2-7H3/t16-,17+/m0/s1. The Bertz CT molecular complexity index is 681. The molecule has 7 heteroatoms. The van der Waals surface area contributed by atoms with Crippen molar-refractivity contribution in [1.82, 2.24) is 4.72 Å². The van der Waals surface area contributed by atoms with Crippen molar-refractivity contribution < 1.29 is 12.8 Å². The molecule has 142 valence electrons. The summed E-state index contributed by atoms with van der Waals surface area (Å²) in [6, 6.07) is 6.72. The second-order valence-electron chi connectivity index (χ2n) is 7.76. The fourth-order valence-corrected chi connectivity index (χ4v) is 4.53. The molecule has 0 heterocycles. The van der Waals surface area contributed by atoms with E-state index in [1.54, 1.807) is 30.3 Å². The molecule has 0 radical (unpaired) electrons. The molecule has 0 spiro atoms. The van der Waals surface area contributed by atoms with Crippen molar-refractivity contribution in [2.75, 3.05) is 6.54 Å². The molecular formula is C18H30ClNO3SSi. The summed E-state index contributed by atoms with van der Waals surface area (Å²) in [6.45, 7) is 16.3. The topological polar surface area (TPSA) is 55.4 Å². The van der Waals surface area contributed by atoms with Gasteiger partial charge in [-0.05, 0) is 37.2 Å². The Labute approximate surface area is 158 Å². The Balaban J connectivity index is 2.93. The van der Waals surface area contributed by atoms with E-state index in [1.165, 1.54) is 0 Å². The largest absolute Gasteiger partial charge is 0.411 e. The van der Waals surface area contributed by atoms with Crippen LogP contribution in [0.25, 0.3) is 0 Å². The van der Waals surface area contributed by atoms with Crippen molar-refractivity contribution in [2.24, 2.45) is 0 Å². The lowest BCUT2D eigenvalue weighted by Gasteiger charge is -2.40. The number of halogens is 1. The van der Waals surface area contributed by atoms with E-state index >= 15 is 0 Å². The van der Waals surface area contributed by atoms with Crippen LogP contribution in [0.5, 0.6) is 0 Å². The highest BCUT2D eigenvalue weighted by atomic mass is 35.5. The lowest BCUT2D eigenvalue weighted by Crippen LogP contribution is -2.49. The first kappa shape index (κ1) is 22.4. The number of benzene rings is 1. The molecule has 1 N–H and O–H groups in total. The summed E-state index contributed by atoms with van der Waals surface area (Å²) in [5.41, 5.74) is 1.01. The van der Waals surface area contributed by atoms with E-state index < -0.39 is 29.8 Å². The van der Waals surface area contributed by atoms with Crippen LogP contribution in [0.15, 0.2) is 41.8 Å². The van der Waals surface area contributed by atoms with Gasteiger partial charge in [-0.1, -0.05) is 44.5 Å². The van der Waals surface area contributed by atoms with Gasteiger partial charge in [0.25, 0.3) is 0 Å².